The highest BCUT2D eigenvalue weighted by molar-refractivity contribution is 5.89. The van der Waals surface area contributed by atoms with E-state index in [1.807, 2.05) is 0 Å². The predicted molar refractivity (Wildman–Crippen MR) is 75.7 cm³/mol. The third-order valence-electron chi connectivity index (χ3n) is 4.00. The summed E-state index contributed by atoms with van der Waals surface area (Å²) in [5, 5.41) is 5.66. The Morgan fingerprint density at radius 2 is 2.10 bits per heavy atom. The molecular weight excluding hydrogens is 275 g/mol. The molecule has 2 aliphatic rings. The number of carbonyl (C=O) groups is 1. The van der Waals surface area contributed by atoms with Crippen LogP contribution in [0.3, 0.4) is 0 Å². The van der Waals surface area contributed by atoms with E-state index in [1.54, 1.807) is 0 Å². The quantitative estimate of drug-likeness (QED) is 0.880. The number of hydrogen-bond acceptors (Lipinski definition) is 3. The molecule has 2 atom stereocenters. The van der Waals surface area contributed by atoms with Crippen molar-refractivity contribution < 1.29 is 18.7 Å². The van der Waals surface area contributed by atoms with E-state index in [0.29, 0.717) is 25.5 Å². The van der Waals surface area contributed by atoms with Gasteiger partial charge in [0, 0.05) is 31.4 Å². The van der Waals surface area contributed by atoms with Gasteiger partial charge in [0.15, 0.2) is 0 Å². The molecule has 0 aliphatic carbocycles. The fourth-order valence-corrected chi connectivity index (χ4v) is 2.90. The van der Waals surface area contributed by atoms with Crippen molar-refractivity contribution in [1.82, 2.24) is 5.32 Å². The van der Waals surface area contributed by atoms with Gasteiger partial charge in [-0.25, -0.2) is 9.18 Å². The number of nitrogens with one attached hydrogen (secondary N) is 2. The maximum Gasteiger partial charge on any atom is 0.319 e. The Morgan fingerprint density at radius 3 is 2.81 bits per heavy atom. The van der Waals surface area contributed by atoms with Crippen LogP contribution in [0.15, 0.2) is 24.3 Å². The van der Waals surface area contributed by atoms with Gasteiger partial charge in [0.2, 0.25) is 0 Å². The Hall–Kier alpha value is -1.66. The third-order valence-corrected chi connectivity index (χ3v) is 4.00. The minimum absolute atomic E-state index is 0.0703. The van der Waals surface area contributed by atoms with E-state index in [4.69, 9.17) is 9.47 Å². The van der Waals surface area contributed by atoms with Gasteiger partial charge < -0.3 is 20.1 Å². The maximum atomic E-state index is 12.8. The summed E-state index contributed by atoms with van der Waals surface area (Å²) >= 11 is 0. The molecule has 114 valence electrons. The molecule has 2 amide bonds. The highest BCUT2D eigenvalue weighted by Gasteiger charge is 2.41. The fourth-order valence-electron chi connectivity index (χ4n) is 2.90. The molecule has 1 aromatic carbocycles. The Labute approximate surface area is 122 Å². The van der Waals surface area contributed by atoms with Gasteiger partial charge in [-0.1, -0.05) is 0 Å². The first-order valence-corrected chi connectivity index (χ1v) is 7.20. The summed E-state index contributed by atoms with van der Waals surface area (Å²) in [6, 6.07) is 5.49. The second kappa shape index (κ2) is 5.99. The van der Waals surface area contributed by atoms with Gasteiger partial charge in [0.05, 0.1) is 12.2 Å². The van der Waals surface area contributed by atoms with Crippen molar-refractivity contribution >= 4 is 11.7 Å². The number of ether oxygens (including phenoxy) is 2. The lowest BCUT2D eigenvalue weighted by atomic mass is 9.90. The van der Waals surface area contributed by atoms with Crippen LogP contribution in [0, 0.1) is 5.82 Å². The van der Waals surface area contributed by atoms with E-state index in [1.165, 1.54) is 24.3 Å². The van der Waals surface area contributed by atoms with Crippen molar-refractivity contribution in [3.8, 4) is 0 Å². The normalized spacial score (nSPS) is 28.5. The van der Waals surface area contributed by atoms with Crippen LogP contribution >= 0.6 is 0 Å². The highest BCUT2D eigenvalue weighted by atomic mass is 19.1. The number of hydrogen-bond donors (Lipinski definition) is 2. The number of amides is 2. The van der Waals surface area contributed by atoms with Crippen molar-refractivity contribution in [2.24, 2.45) is 0 Å². The van der Waals surface area contributed by atoms with Crippen LogP contribution in [-0.4, -0.2) is 37.5 Å². The molecule has 2 N–H and O–H groups in total. The van der Waals surface area contributed by atoms with Crippen LogP contribution in [0.4, 0.5) is 14.9 Å². The number of benzene rings is 1. The Morgan fingerprint density at radius 1 is 1.29 bits per heavy atom. The second-order valence-electron chi connectivity index (χ2n) is 5.63. The first-order chi connectivity index (χ1) is 10.2. The van der Waals surface area contributed by atoms with Crippen LogP contribution in [-0.2, 0) is 9.47 Å². The molecule has 0 bridgehead atoms. The molecule has 0 aromatic heterocycles. The van der Waals surface area contributed by atoms with E-state index in [9.17, 15) is 9.18 Å². The fraction of sp³-hybridized carbons (Fsp3) is 0.533. The number of halogens is 1. The minimum Gasteiger partial charge on any atom is -0.378 e. The van der Waals surface area contributed by atoms with Gasteiger partial charge in [-0.15, -0.1) is 0 Å². The topological polar surface area (TPSA) is 59.6 Å². The average Bonchev–Trinajstić information content (AvgIpc) is 2.89. The molecule has 1 aromatic rings. The molecule has 0 saturated carbocycles. The SMILES string of the molecule is O=C(Nc1ccc(F)cc1)N[C@@H]1CCO[C@@]2(CCOC2)C1. The lowest BCUT2D eigenvalue weighted by Crippen LogP contribution is -2.49. The van der Waals surface area contributed by atoms with Crippen LogP contribution in [0.25, 0.3) is 0 Å². The molecule has 21 heavy (non-hydrogen) atoms. The first-order valence-electron chi connectivity index (χ1n) is 7.20. The Balaban J connectivity index is 1.53. The predicted octanol–water partition coefficient (Wildman–Crippen LogP) is 2.29. The van der Waals surface area contributed by atoms with Crippen LogP contribution in [0.5, 0.6) is 0 Å². The number of anilines is 1. The zero-order chi connectivity index (χ0) is 14.7. The van der Waals surface area contributed by atoms with Gasteiger partial charge in [-0.2, -0.15) is 0 Å². The largest absolute Gasteiger partial charge is 0.378 e. The monoisotopic (exact) mass is 294 g/mol. The second-order valence-corrected chi connectivity index (χ2v) is 5.63. The molecular formula is C15H19FN2O3. The van der Waals surface area contributed by atoms with Crippen molar-refractivity contribution in [2.45, 2.75) is 30.9 Å². The molecule has 2 saturated heterocycles. The summed E-state index contributed by atoms with van der Waals surface area (Å²) in [5.41, 5.74) is 0.339. The maximum absolute atomic E-state index is 12.8. The van der Waals surface area contributed by atoms with Gasteiger partial charge in [0.1, 0.15) is 5.82 Å². The van der Waals surface area contributed by atoms with E-state index in [-0.39, 0.29) is 23.5 Å². The Kier molecular flexibility index (Phi) is 4.07. The van der Waals surface area contributed by atoms with Crippen molar-refractivity contribution in [3.63, 3.8) is 0 Å². The molecule has 0 unspecified atom stereocenters. The molecule has 5 nitrogen and oxygen atoms in total. The lowest BCUT2D eigenvalue weighted by molar-refractivity contribution is -0.0877. The van der Waals surface area contributed by atoms with Gasteiger partial charge in [-0.3, -0.25) is 0 Å². The summed E-state index contributed by atoms with van der Waals surface area (Å²) in [5.74, 6) is -0.325. The molecule has 2 aliphatic heterocycles. The van der Waals surface area contributed by atoms with E-state index < -0.39 is 0 Å². The molecule has 3 rings (SSSR count). The van der Waals surface area contributed by atoms with E-state index >= 15 is 0 Å². The number of rotatable bonds is 2. The van der Waals surface area contributed by atoms with Crippen molar-refractivity contribution in [2.75, 3.05) is 25.1 Å². The van der Waals surface area contributed by atoms with Crippen LogP contribution in [0.2, 0.25) is 0 Å². The summed E-state index contributed by atoms with van der Waals surface area (Å²) in [4.78, 5) is 12.0. The Bertz CT molecular complexity index is 500. The summed E-state index contributed by atoms with van der Waals surface area (Å²) in [6.07, 6.45) is 2.44. The van der Waals surface area contributed by atoms with Crippen molar-refractivity contribution in [1.29, 1.82) is 0 Å². The van der Waals surface area contributed by atoms with Gasteiger partial charge >= 0.3 is 6.03 Å². The zero-order valence-corrected chi connectivity index (χ0v) is 11.7. The molecule has 0 radical (unpaired) electrons. The van der Waals surface area contributed by atoms with Crippen molar-refractivity contribution in [3.05, 3.63) is 30.1 Å². The highest BCUT2D eigenvalue weighted by Crippen LogP contribution is 2.32. The smallest absolute Gasteiger partial charge is 0.319 e. The number of urea groups is 1. The van der Waals surface area contributed by atoms with Crippen LogP contribution in [0.1, 0.15) is 19.3 Å². The molecule has 1 spiro atoms. The summed E-state index contributed by atoms with van der Waals surface area (Å²) in [7, 11) is 0. The summed E-state index contributed by atoms with van der Waals surface area (Å²) in [6.45, 7) is 1.95. The summed E-state index contributed by atoms with van der Waals surface area (Å²) < 4.78 is 24.1. The molecule has 6 heteroatoms. The van der Waals surface area contributed by atoms with E-state index in [0.717, 1.165) is 19.3 Å². The molecule has 2 heterocycles. The lowest BCUT2D eigenvalue weighted by Gasteiger charge is -2.37. The first kappa shape index (κ1) is 14.3. The average molecular weight is 294 g/mol. The third kappa shape index (κ3) is 3.51. The van der Waals surface area contributed by atoms with Crippen LogP contribution < -0.4 is 10.6 Å². The zero-order valence-electron chi connectivity index (χ0n) is 11.7. The number of carbonyl (C=O) groups excluding carboxylic acids is 1. The molecule has 2 fully saturated rings. The standard InChI is InChI=1S/C15H19FN2O3/c16-11-1-3-12(4-2-11)17-14(19)18-13-5-7-21-15(9-13)6-8-20-10-15/h1-4,13H,5-10H2,(H2,17,18,19)/t13-,15+/m1/s1. The van der Waals surface area contributed by atoms with Gasteiger partial charge in [0.25, 0.3) is 0 Å². The van der Waals surface area contributed by atoms with Gasteiger partial charge in [-0.05, 0) is 37.1 Å². The van der Waals surface area contributed by atoms with E-state index in [2.05, 4.69) is 10.6 Å². The minimum atomic E-state index is -0.325.